The van der Waals surface area contributed by atoms with Gasteiger partial charge in [-0.1, -0.05) is 77.7 Å². The van der Waals surface area contributed by atoms with E-state index in [1.54, 1.807) is 34.4 Å². The van der Waals surface area contributed by atoms with Gasteiger partial charge in [-0.15, -0.1) is 11.3 Å². The number of hydrogen-bond acceptors (Lipinski definition) is 6. The van der Waals surface area contributed by atoms with Gasteiger partial charge in [-0.25, -0.2) is 15.0 Å². The molecule has 0 fully saturated rings. The van der Waals surface area contributed by atoms with Crippen LogP contribution in [0.3, 0.4) is 0 Å². The monoisotopic (exact) mass is 417 g/mol. The molecule has 136 valence electrons. The van der Waals surface area contributed by atoms with Gasteiger partial charge < -0.3 is 0 Å². The fourth-order valence-corrected chi connectivity index (χ4v) is 5.77. The van der Waals surface area contributed by atoms with Gasteiger partial charge in [-0.3, -0.25) is 0 Å². The molecule has 5 rings (SSSR count). The van der Waals surface area contributed by atoms with Crippen LogP contribution in [0.4, 0.5) is 5.13 Å². The van der Waals surface area contributed by atoms with Crippen molar-refractivity contribution in [2.45, 2.75) is 4.34 Å². The maximum absolute atomic E-state index is 4.92. The maximum atomic E-state index is 4.92. The Morgan fingerprint density at radius 3 is 2.11 bits per heavy atom. The zero-order valence-electron chi connectivity index (χ0n) is 14.8. The average molecular weight is 418 g/mol. The zero-order chi connectivity index (χ0) is 18.8. The molecule has 0 amide bonds. The van der Waals surface area contributed by atoms with Gasteiger partial charge in [0, 0.05) is 5.75 Å². The fraction of sp³-hybridized carbons (Fsp3) is 0.0455. The molecule has 6 heteroatoms. The highest BCUT2D eigenvalue weighted by atomic mass is 32.2. The molecule has 5 aromatic rings. The molecular formula is C22H15N3S3. The van der Waals surface area contributed by atoms with Crippen molar-refractivity contribution in [1.82, 2.24) is 9.97 Å². The first kappa shape index (κ1) is 17.6. The summed E-state index contributed by atoms with van der Waals surface area (Å²) in [5, 5.41) is 0.796. The molecule has 0 N–H and O–H groups in total. The first-order chi connectivity index (χ1) is 13.8. The summed E-state index contributed by atoms with van der Waals surface area (Å²) in [7, 11) is 0. The quantitative estimate of drug-likeness (QED) is 0.233. The molecular weight excluding hydrogens is 402 g/mol. The number of thiazole rings is 2. The third-order valence-electron chi connectivity index (χ3n) is 4.23. The molecule has 0 atom stereocenters. The number of rotatable bonds is 5. The molecule has 0 saturated heterocycles. The van der Waals surface area contributed by atoms with Crippen LogP contribution in [0.1, 0.15) is 5.56 Å². The lowest BCUT2D eigenvalue weighted by Gasteiger charge is -2.04. The highest BCUT2D eigenvalue weighted by molar-refractivity contribution is 8.01. The van der Waals surface area contributed by atoms with Gasteiger partial charge in [0.25, 0.3) is 0 Å². The summed E-state index contributed by atoms with van der Waals surface area (Å²) in [4.78, 5) is 14.3. The molecule has 2 aromatic heterocycles. The third-order valence-corrected chi connectivity index (χ3v) is 7.35. The van der Waals surface area contributed by atoms with Crippen LogP contribution in [0.2, 0.25) is 0 Å². The second-order valence-corrected chi connectivity index (χ2v) is 9.39. The number of nitrogens with zero attached hydrogens (tertiary/aromatic N) is 3. The van der Waals surface area contributed by atoms with E-state index in [4.69, 9.17) is 9.98 Å². The molecule has 3 aromatic carbocycles. The van der Waals surface area contributed by atoms with E-state index in [1.165, 1.54) is 4.70 Å². The van der Waals surface area contributed by atoms with Gasteiger partial charge in [0.05, 0.1) is 26.1 Å². The molecule has 0 spiro atoms. The fourth-order valence-electron chi connectivity index (χ4n) is 2.88. The van der Waals surface area contributed by atoms with E-state index < -0.39 is 0 Å². The molecule has 0 bridgehead atoms. The lowest BCUT2D eigenvalue weighted by molar-refractivity contribution is 1.30. The largest absolute Gasteiger partial charge is 0.230 e. The number of aromatic nitrogens is 2. The minimum absolute atomic E-state index is 0.750. The minimum atomic E-state index is 0.750. The first-order valence-corrected chi connectivity index (χ1v) is 11.4. The van der Waals surface area contributed by atoms with Crippen molar-refractivity contribution in [2.24, 2.45) is 4.99 Å². The highest BCUT2D eigenvalue weighted by Crippen LogP contribution is 2.32. The second kappa shape index (κ2) is 7.83. The third kappa shape index (κ3) is 3.71. The molecule has 0 radical (unpaired) electrons. The molecule has 3 nitrogen and oxygen atoms in total. The summed E-state index contributed by atoms with van der Waals surface area (Å²) >= 11 is 5.08. The van der Waals surface area contributed by atoms with Crippen molar-refractivity contribution in [3.63, 3.8) is 0 Å². The van der Waals surface area contributed by atoms with Crippen molar-refractivity contribution in [3.05, 3.63) is 84.4 Å². The summed E-state index contributed by atoms with van der Waals surface area (Å²) in [5.41, 5.74) is 4.19. The molecule has 0 saturated carbocycles. The molecule has 0 aliphatic rings. The van der Waals surface area contributed by atoms with Gasteiger partial charge in [0.1, 0.15) is 0 Å². The lowest BCUT2D eigenvalue weighted by atomic mass is 10.1. The van der Waals surface area contributed by atoms with Crippen LogP contribution in [-0.4, -0.2) is 21.4 Å². The average Bonchev–Trinajstić information content (AvgIpc) is 3.34. The topological polar surface area (TPSA) is 38.1 Å². The molecule has 28 heavy (non-hydrogen) atoms. The Morgan fingerprint density at radius 2 is 1.39 bits per heavy atom. The highest BCUT2D eigenvalue weighted by Gasteiger charge is 2.10. The van der Waals surface area contributed by atoms with E-state index in [0.29, 0.717) is 0 Å². The van der Waals surface area contributed by atoms with Crippen LogP contribution in [0.15, 0.2) is 88.2 Å². The number of hydrogen-bond donors (Lipinski definition) is 0. The number of fused-ring (bicyclic) bond motifs is 2. The Bertz CT molecular complexity index is 1210. The van der Waals surface area contributed by atoms with Crippen molar-refractivity contribution in [1.29, 1.82) is 0 Å². The first-order valence-electron chi connectivity index (χ1n) is 8.82. The maximum Gasteiger partial charge on any atom is 0.210 e. The van der Waals surface area contributed by atoms with Gasteiger partial charge in [-0.05, 0) is 29.8 Å². The van der Waals surface area contributed by atoms with E-state index in [0.717, 1.165) is 42.2 Å². The smallest absolute Gasteiger partial charge is 0.210 e. The van der Waals surface area contributed by atoms with Crippen LogP contribution in [0.25, 0.3) is 20.4 Å². The van der Waals surface area contributed by atoms with Gasteiger partial charge >= 0.3 is 0 Å². The van der Waals surface area contributed by atoms with Crippen molar-refractivity contribution >= 4 is 65.7 Å². The van der Waals surface area contributed by atoms with E-state index >= 15 is 0 Å². The van der Waals surface area contributed by atoms with E-state index in [2.05, 4.69) is 41.4 Å². The Kier molecular flexibility index (Phi) is 4.91. The number of benzene rings is 3. The van der Waals surface area contributed by atoms with E-state index in [-0.39, 0.29) is 0 Å². The predicted molar refractivity (Wildman–Crippen MR) is 123 cm³/mol. The Hall–Kier alpha value is -2.54. The summed E-state index contributed by atoms with van der Waals surface area (Å²) < 4.78 is 3.44. The summed E-state index contributed by atoms with van der Waals surface area (Å²) in [5.74, 6) is 0.750. The van der Waals surface area contributed by atoms with Crippen molar-refractivity contribution < 1.29 is 0 Å². The van der Waals surface area contributed by atoms with Crippen LogP contribution in [0, 0.1) is 0 Å². The van der Waals surface area contributed by atoms with E-state index in [9.17, 15) is 0 Å². The molecule has 0 aliphatic heterocycles. The normalized spacial score (nSPS) is 12.1. The SMILES string of the molecule is c1ccc(/C(CSc2nc3ccccc3s2)=N/c2nc3ccccc3s2)cc1. The van der Waals surface area contributed by atoms with Crippen LogP contribution >= 0.6 is 34.4 Å². The standard InChI is InChI=1S/C22H15N3S3/c1-2-8-15(9-3-1)18(24-21-23-16-10-4-6-12-19(16)27-21)14-26-22-25-17-11-5-7-13-20(17)28-22/h1-13H,14H2/b24-18+. The van der Waals surface area contributed by atoms with Gasteiger partial charge in [-0.2, -0.15) is 0 Å². The van der Waals surface area contributed by atoms with Gasteiger partial charge in [0.15, 0.2) is 4.34 Å². The number of para-hydroxylation sites is 2. The second-order valence-electron chi connectivity index (χ2n) is 6.12. The number of aliphatic imine (C=N–C) groups is 1. The molecule has 2 heterocycles. The van der Waals surface area contributed by atoms with Crippen LogP contribution < -0.4 is 0 Å². The Labute approximate surface area is 174 Å². The van der Waals surface area contributed by atoms with Crippen LogP contribution in [0.5, 0.6) is 0 Å². The summed E-state index contributed by atoms with van der Waals surface area (Å²) in [6.07, 6.45) is 0. The Balaban J connectivity index is 1.47. The predicted octanol–water partition coefficient (Wildman–Crippen LogP) is 6.82. The molecule has 0 unspecified atom stereocenters. The molecule has 0 aliphatic carbocycles. The summed E-state index contributed by atoms with van der Waals surface area (Å²) in [6, 6.07) is 26.7. The number of thioether (sulfide) groups is 1. The van der Waals surface area contributed by atoms with E-state index in [1.807, 2.05) is 42.5 Å². The summed E-state index contributed by atoms with van der Waals surface area (Å²) in [6.45, 7) is 0. The lowest BCUT2D eigenvalue weighted by Crippen LogP contribution is -2.03. The Morgan fingerprint density at radius 1 is 0.750 bits per heavy atom. The van der Waals surface area contributed by atoms with Crippen LogP contribution in [-0.2, 0) is 0 Å². The van der Waals surface area contributed by atoms with Crippen molar-refractivity contribution in [2.75, 3.05) is 5.75 Å². The van der Waals surface area contributed by atoms with Gasteiger partial charge in [0.2, 0.25) is 5.13 Å². The minimum Gasteiger partial charge on any atom is -0.230 e. The van der Waals surface area contributed by atoms with Crippen molar-refractivity contribution in [3.8, 4) is 0 Å². The zero-order valence-corrected chi connectivity index (χ0v) is 17.2.